The first-order valence-corrected chi connectivity index (χ1v) is 9.01. The zero-order chi connectivity index (χ0) is 18.8. The maximum Gasteiger partial charge on any atom is 0.257 e. The molecule has 136 valence electrons. The fraction of sp³-hybridized carbons (Fsp3) is 0.105. The molecule has 1 aliphatic heterocycles. The average molecular weight is 381 g/mol. The van der Waals surface area contributed by atoms with E-state index in [0.717, 1.165) is 11.3 Å². The third-order valence-corrected chi connectivity index (χ3v) is 4.62. The molecule has 0 fully saturated rings. The van der Waals surface area contributed by atoms with Crippen molar-refractivity contribution in [3.8, 4) is 22.8 Å². The number of amides is 2. The van der Waals surface area contributed by atoms with Gasteiger partial charge in [-0.2, -0.15) is 0 Å². The minimum Gasteiger partial charge on any atom is -0.454 e. The third-order valence-electron chi connectivity index (χ3n) is 3.86. The lowest BCUT2D eigenvalue weighted by atomic mass is 10.1. The summed E-state index contributed by atoms with van der Waals surface area (Å²) in [5.41, 5.74) is 2.74. The third kappa shape index (κ3) is 3.75. The van der Waals surface area contributed by atoms with Gasteiger partial charge in [-0.3, -0.25) is 14.9 Å². The number of anilines is 2. The van der Waals surface area contributed by atoms with Crippen molar-refractivity contribution in [3.63, 3.8) is 0 Å². The van der Waals surface area contributed by atoms with Crippen LogP contribution in [0.2, 0.25) is 0 Å². The number of aromatic nitrogens is 1. The fourth-order valence-corrected chi connectivity index (χ4v) is 3.31. The number of nitrogens with one attached hydrogen (secondary N) is 2. The molecule has 7 nitrogen and oxygen atoms in total. The van der Waals surface area contributed by atoms with Gasteiger partial charge in [0.05, 0.1) is 5.69 Å². The molecular formula is C19H15N3O4S. The summed E-state index contributed by atoms with van der Waals surface area (Å²) in [6.07, 6.45) is 0. The van der Waals surface area contributed by atoms with Gasteiger partial charge in [0.1, 0.15) is 0 Å². The van der Waals surface area contributed by atoms with Crippen LogP contribution in [0.1, 0.15) is 17.3 Å². The summed E-state index contributed by atoms with van der Waals surface area (Å²) in [6.45, 7) is 1.65. The number of fused-ring (bicyclic) bond motifs is 1. The standard InChI is InChI=1S/C19H15N3O4S/c1-11(23)20-14-5-2-12(3-6-14)18(24)22-19-21-15(9-27-19)13-4-7-16-17(8-13)26-10-25-16/h2-9H,10H2,1H3,(H,20,23)(H,21,22,24). The van der Waals surface area contributed by atoms with Crippen LogP contribution in [0, 0.1) is 0 Å². The van der Waals surface area contributed by atoms with Crippen molar-refractivity contribution in [1.29, 1.82) is 0 Å². The molecule has 2 amide bonds. The zero-order valence-electron chi connectivity index (χ0n) is 14.3. The van der Waals surface area contributed by atoms with E-state index in [9.17, 15) is 9.59 Å². The molecule has 0 atom stereocenters. The van der Waals surface area contributed by atoms with E-state index in [1.54, 1.807) is 24.3 Å². The van der Waals surface area contributed by atoms with Gasteiger partial charge in [-0.05, 0) is 42.5 Å². The van der Waals surface area contributed by atoms with Gasteiger partial charge in [-0.1, -0.05) is 0 Å². The van der Waals surface area contributed by atoms with Crippen molar-refractivity contribution >= 4 is 34.0 Å². The Kier molecular flexibility index (Phi) is 4.47. The molecule has 0 bridgehead atoms. The van der Waals surface area contributed by atoms with Crippen LogP contribution in [0.15, 0.2) is 47.8 Å². The molecule has 0 unspecified atom stereocenters. The van der Waals surface area contributed by atoms with E-state index in [0.29, 0.717) is 27.9 Å². The number of carbonyl (C=O) groups is 2. The van der Waals surface area contributed by atoms with Crippen LogP contribution in [0.4, 0.5) is 10.8 Å². The van der Waals surface area contributed by atoms with Gasteiger partial charge in [0.15, 0.2) is 16.6 Å². The second kappa shape index (κ2) is 7.08. The Bertz CT molecular complexity index is 1010. The minimum absolute atomic E-state index is 0.161. The van der Waals surface area contributed by atoms with Gasteiger partial charge in [-0.15, -0.1) is 11.3 Å². The Morgan fingerprint density at radius 1 is 1.04 bits per heavy atom. The van der Waals surface area contributed by atoms with E-state index in [1.165, 1.54) is 18.3 Å². The molecule has 0 spiro atoms. The second-order valence-corrected chi connectivity index (χ2v) is 6.68. The maximum absolute atomic E-state index is 12.4. The van der Waals surface area contributed by atoms with Crippen molar-refractivity contribution in [1.82, 2.24) is 4.98 Å². The van der Waals surface area contributed by atoms with Gasteiger partial charge < -0.3 is 14.8 Å². The topological polar surface area (TPSA) is 89.6 Å². The van der Waals surface area contributed by atoms with Crippen molar-refractivity contribution < 1.29 is 19.1 Å². The normalized spacial score (nSPS) is 11.9. The first-order chi connectivity index (χ1) is 13.1. The highest BCUT2D eigenvalue weighted by Gasteiger charge is 2.16. The number of thiazole rings is 1. The fourth-order valence-electron chi connectivity index (χ4n) is 2.60. The molecule has 3 aromatic rings. The molecule has 8 heteroatoms. The molecule has 2 aromatic carbocycles. The first kappa shape index (κ1) is 17.0. The molecule has 0 saturated carbocycles. The molecule has 1 aromatic heterocycles. The Morgan fingerprint density at radius 2 is 1.81 bits per heavy atom. The lowest BCUT2D eigenvalue weighted by Crippen LogP contribution is -2.12. The SMILES string of the molecule is CC(=O)Nc1ccc(C(=O)Nc2nc(-c3ccc4c(c3)OCO4)cs2)cc1. The van der Waals surface area contributed by atoms with Crippen molar-refractivity contribution in [3.05, 3.63) is 53.4 Å². The van der Waals surface area contributed by atoms with Crippen LogP contribution in [0.25, 0.3) is 11.3 Å². The molecule has 0 aliphatic carbocycles. The highest BCUT2D eigenvalue weighted by Crippen LogP contribution is 2.36. The highest BCUT2D eigenvalue weighted by molar-refractivity contribution is 7.14. The molecule has 1 aliphatic rings. The van der Waals surface area contributed by atoms with Gasteiger partial charge in [0, 0.05) is 29.1 Å². The summed E-state index contributed by atoms with van der Waals surface area (Å²) in [5.74, 6) is 0.970. The Balaban J connectivity index is 1.46. The lowest BCUT2D eigenvalue weighted by Gasteiger charge is -2.04. The van der Waals surface area contributed by atoms with Crippen LogP contribution >= 0.6 is 11.3 Å². The predicted molar refractivity (Wildman–Crippen MR) is 102 cm³/mol. The number of hydrogen-bond acceptors (Lipinski definition) is 6. The van der Waals surface area contributed by atoms with Gasteiger partial charge in [0.25, 0.3) is 5.91 Å². The number of ether oxygens (including phenoxy) is 2. The Labute approximate surface area is 159 Å². The Morgan fingerprint density at radius 3 is 2.59 bits per heavy atom. The maximum atomic E-state index is 12.4. The number of carbonyl (C=O) groups excluding carboxylic acids is 2. The van der Waals surface area contributed by atoms with Crippen molar-refractivity contribution in [2.45, 2.75) is 6.92 Å². The minimum atomic E-state index is -0.268. The largest absolute Gasteiger partial charge is 0.454 e. The van der Waals surface area contributed by atoms with E-state index in [1.807, 2.05) is 23.6 Å². The van der Waals surface area contributed by atoms with Crippen LogP contribution in [-0.4, -0.2) is 23.6 Å². The molecule has 2 heterocycles. The summed E-state index contributed by atoms with van der Waals surface area (Å²) in [5, 5.41) is 7.81. The van der Waals surface area contributed by atoms with E-state index >= 15 is 0 Å². The highest BCUT2D eigenvalue weighted by atomic mass is 32.1. The van der Waals surface area contributed by atoms with E-state index in [-0.39, 0.29) is 18.6 Å². The van der Waals surface area contributed by atoms with Crippen LogP contribution in [0.5, 0.6) is 11.5 Å². The van der Waals surface area contributed by atoms with Gasteiger partial charge >= 0.3 is 0 Å². The van der Waals surface area contributed by atoms with Gasteiger partial charge in [-0.25, -0.2) is 4.98 Å². The molecule has 4 rings (SSSR count). The summed E-state index contributed by atoms with van der Waals surface area (Å²) >= 11 is 1.34. The summed E-state index contributed by atoms with van der Waals surface area (Å²) in [6, 6.07) is 12.2. The average Bonchev–Trinajstić information content (AvgIpc) is 3.30. The molecule has 27 heavy (non-hydrogen) atoms. The number of hydrogen-bond donors (Lipinski definition) is 2. The van der Waals surface area contributed by atoms with Crippen molar-refractivity contribution in [2.24, 2.45) is 0 Å². The summed E-state index contributed by atoms with van der Waals surface area (Å²) in [4.78, 5) is 27.9. The summed E-state index contributed by atoms with van der Waals surface area (Å²) in [7, 11) is 0. The lowest BCUT2D eigenvalue weighted by molar-refractivity contribution is -0.114. The van der Waals surface area contributed by atoms with E-state index in [2.05, 4.69) is 15.6 Å². The van der Waals surface area contributed by atoms with Crippen LogP contribution < -0.4 is 20.1 Å². The monoisotopic (exact) mass is 381 g/mol. The zero-order valence-corrected chi connectivity index (χ0v) is 15.1. The van der Waals surface area contributed by atoms with Crippen LogP contribution in [-0.2, 0) is 4.79 Å². The Hall–Kier alpha value is -3.39. The summed E-state index contributed by atoms with van der Waals surface area (Å²) < 4.78 is 10.7. The quantitative estimate of drug-likeness (QED) is 0.718. The van der Waals surface area contributed by atoms with E-state index in [4.69, 9.17) is 9.47 Å². The molecule has 2 N–H and O–H groups in total. The molecule has 0 saturated heterocycles. The van der Waals surface area contributed by atoms with Gasteiger partial charge in [0.2, 0.25) is 12.7 Å². The smallest absolute Gasteiger partial charge is 0.257 e. The second-order valence-electron chi connectivity index (χ2n) is 5.82. The molecular weight excluding hydrogens is 366 g/mol. The predicted octanol–water partition coefficient (Wildman–Crippen LogP) is 3.75. The number of nitrogens with zero attached hydrogens (tertiary/aromatic N) is 1. The van der Waals surface area contributed by atoms with Crippen molar-refractivity contribution in [2.75, 3.05) is 17.4 Å². The molecule has 0 radical (unpaired) electrons. The number of rotatable bonds is 4. The first-order valence-electron chi connectivity index (χ1n) is 8.13. The van der Waals surface area contributed by atoms with E-state index < -0.39 is 0 Å². The van der Waals surface area contributed by atoms with Crippen LogP contribution in [0.3, 0.4) is 0 Å². The number of benzene rings is 2.